The molecule has 2 aliphatic heterocycles. The summed E-state index contributed by atoms with van der Waals surface area (Å²) in [5, 5.41) is 12.4. The van der Waals surface area contributed by atoms with Crippen molar-refractivity contribution >= 4 is 40.8 Å². The van der Waals surface area contributed by atoms with Crippen molar-refractivity contribution in [2.45, 2.75) is 32.6 Å². The molecule has 1 saturated heterocycles. The molecule has 5 rings (SSSR count). The van der Waals surface area contributed by atoms with Crippen LogP contribution in [0.5, 0.6) is 0 Å². The highest BCUT2D eigenvalue weighted by molar-refractivity contribution is 5.92. The molecule has 2 aliphatic rings. The number of nitrogens with zero attached hydrogens (tertiary/aromatic N) is 4. The van der Waals surface area contributed by atoms with Gasteiger partial charge in [0.25, 0.3) is 0 Å². The van der Waals surface area contributed by atoms with E-state index in [1.165, 1.54) is 0 Å². The molecule has 10 nitrogen and oxygen atoms in total. The predicted molar refractivity (Wildman–Crippen MR) is 139 cm³/mol. The Morgan fingerprint density at radius 3 is 2.86 bits per heavy atom. The SMILES string of the molecule is CNC(=O)N1CCC(CC(=O)Nc2ccc3cc2CCc2cncc(c2)Nc2ncc(C)c(n2)N3)C1. The Bertz CT molecular complexity index is 1290. The van der Waals surface area contributed by atoms with E-state index in [9.17, 15) is 9.59 Å². The van der Waals surface area contributed by atoms with Gasteiger partial charge < -0.3 is 26.2 Å². The van der Waals surface area contributed by atoms with Crippen LogP contribution in [0.3, 0.4) is 0 Å². The monoisotopic (exact) mass is 486 g/mol. The van der Waals surface area contributed by atoms with Crippen molar-refractivity contribution < 1.29 is 9.59 Å². The second kappa shape index (κ2) is 10.2. The van der Waals surface area contributed by atoms with Gasteiger partial charge in [-0.25, -0.2) is 9.78 Å². The summed E-state index contributed by atoms with van der Waals surface area (Å²) in [5.41, 5.74) is 5.52. The fourth-order valence-electron chi connectivity index (χ4n) is 4.67. The van der Waals surface area contributed by atoms with Crippen LogP contribution >= 0.6 is 0 Å². The maximum Gasteiger partial charge on any atom is 0.317 e. The van der Waals surface area contributed by atoms with Crippen LogP contribution in [-0.4, -0.2) is 51.9 Å². The van der Waals surface area contributed by atoms with Gasteiger partial charge in [0.1, 0.15) is 5.82 Å². The second-order valence-corrected chi connectivity index (χ2v) is 9.34. The summed E-state index contributed by atoms with van der Waals surface area (Å²) in [6.07, 6.45) is 8.08. The minimum Gasteiger partial charge on any atom is -0.341 e. The molecule has 1 atom stereocenters. The smallest absolute Gasteiger partial charge is 0.317 e. The summed E-state index contributed by atoms with van der Waals surface area (Å²) < 4.78 is 0. The van der Waals surface area contributed by atoms with Crippen molar-refractivity contribution in [2.75, 3.05) is 36.1 Å². The molecule has 10 heteroatoms. The van der Waals surface area contributed by atoms with Crippen LogP contribution in [0, 0.1) is 12.8 Å². The zero-order valence-corrected chi connectivity index (χ0v) is 20.5. The first-order chi connectivity index (χ1) is 17.5. The minimum absolute atomic E-state index is 0.0391. The molecule has 2 aromatic heterocycles. The molecule has 3 amide bonds. The van der Waals surface area contributed by atoms with Crippen LogP contribution < -0.4 is 21.3 Å². The molecule has 4 N–H and O–H groups in total. The Hall–Kier alpha value is -4.21. The summed E-state index contributed by atoms with van der Waals surface area (Å²) >= 11 is 0. The summed E-state index contributed by atoms with van der Waals surface area (Å²) in [7, 11) is 1.63. The molecule has 186 valence electrons. The number of urea groups is 1. The van der Waals surface area contributed by atoms with E-state index in [1.807, 2.05) is 31.3 Å². The number of anilines is 5. The number of amides is 3. The van der Waals surface area contributed by atoms with E-state index in [-0.39, 0.29) is 17.9 Å². The van der Waals surface area contributed by atoms with Crippen molar-refractivity contribution in [3.63, 3.8) is 0 Å². The molecule has 0 saturated carbocycles. The Morgan fingerprint density at radius 2 is 2.00 bits per heavy atom. The standard InChI is InChI=1S/C26H30N8O2/c1-16-12-29-25-31-21-9-17(13-28-14-21)3-4-19-11-20(30-24(16)33-25)5-6-22(19)32-23(35)10-18-7-8-34(15-18)26(36)27-2/h5-6,9,11-14,18H,3-4,7-8,10,15H2,1-2H3,(H,27,36)(H,32,35)(H2,29,30,31,33). The third-order valence-corrected chi connectivity index (χ3v) is 6.61. The van der Waals surface area contributed by atoms with Crippen LogP contribution in [0.2, 0.25) is 0 Å². The lowest BCUT2D eigenvalue weighted by Crippen LogP contribution is -2.36. The van der Waals surface area contributed by atoms with Gasteiger partial charge >= 0.3 is 6.03 Å². The molecule has 1 aromatic carbocycles. The first kappa shape index (κ1) is 23.5. The summed E-state index contributed by atoms with van der Waals surface area (Å²) in [6.45, 7) is 3.23. The highest BCUT2D eigenvalue weighted by atomic mass is 16.2. The zero-order chi connectivity index (χ0) is 25.1. The number of pyridine rings is 1. The van der Waals surface area contributed by atoms with Crippen molar-refractivity contribution in [3.05, 3.63) is 59.5 Å². The van der Waals surface area contributed by atoms with Crippen LogP contribution in [0.1, 0.15) is 29.5 Å². The van der Waals surface area contributed by atoms with Crippen molar-refractivity contribution in [1.29, 1.82) is 0 Å². The topological polar surface area (TPSA) is 124 Å². The molecule has 36 heavy (non-hydrogen) atoms. The van der Waals surface area contributed by atoms with Gasteiger partial charge in [0, 0.05) is 55.9 Å². The number of carbonyl (C=O) groups is 2. The van der Waals surface area contributed by atoms with Crippen LogP contribution in [-0.2, 0) is 17.6 Å². The van der Waals surface area contributed by atoms with E-state index < -0.39 is 0 Å². The number of fused-ring (bicyclic) bond motifs is 6. The maximum absolute atomic E-state index is 12.9. The fourth-order valence-corrected chi connectivity index (χ4v) is 4.67. The van der Waals surface area contributed by atoms with Gasteiger partial charge in [-0.1, -0.05) is 0 Å². The number of hydrogen-bond acceptors (Lipinski definition) is 7. The van der Waals surface area contributed by atoms with E-state index in [4.69, 9.17) is 0 Å². The van der Waals surface area contributed by atoms with Gasteiger partial charge in [0.05, 0.1) is 11.9 Å². The van der Waals surface area contributed by atoms with E-state index in [0.717, 1.165) is 53.0 Å². The van der Waals surface area contributed by atoms with E-state index in [0.29, 0.717) is 31.3 Å². The maximum atomic E-state index is 12.9. The van der Waals surface area contributed by atoms with Gasteiger partial charge in [0.15, 0.2) is 0 Å². The lowest BCUT2D eigenvalue weighted by molar-refractivity contribution is -0.117. The number of aryl methyl sites for hydroxylation is 3. The number of carbonyl (C=O) groups excluding carboxylic acids is 2. The molecule has 1 fully saturated rings. The minimum atomic E-state index is -0.0907. The molecular formula is C26H30N8O2. The van der Waals surface area contributed by atoms with E-state index >= 15 is 0 Å². The molecule has 6 bridgehead atoms. The van der Waals surface area contributed by atoms with Crippen molar-refractivity contribution in [3.8, 4) is 0 Å². The van der Waals surface area contributed by atoms with Gasteiger partial charge in [-0.3, -0.25) is 9.78 Å². The largest absolute Gasteiger partial charge is 0.341 e. The average molecular weight is 487 g/mol. The number of aromatic nitrogens is 3. The Balaban J connectivity index is 1.37. The number of hydrogen-bond donors (Lipinski definition) is 4. The molecule has 1 unspecified atom stereocenters. The highest BCUT2D eigenvalue weighted by Crippen LogP contribution is 2.28. The second-order valence-electron chi connectivity index (χ2n) is 9.34. The zero-order valence-electron chi connectivity index (χ0n) is 20.5. The molecule has 3 aromatic rings. The average Bonchev–Trinajstić information content (AvgIpc) is 3.33. The summed E-state index contributed by atoms with van der Waals surface area (Å²) in [4.78, 5) is 39.9. The van der Waals surface area contributed by atoms with Crippen LogP contribution in [0.25, 0.3) is 0 Å². The lowest BCUT2D eigenvalue weighted by atomic mass is 10.0. The fraction of sp³-hybridized carbons (Fsp3) is 0.346. The van der Waals surface area contributed by atoms with Crippen LogP contribution in [0.15, 0.2) is 42.9 Å². The number of rotatable bonds is 3. The van der Waals surface area contributed by atoms with Crippen molar-refractivity contribution in [1.82, 2.24) is 25.2 Å². The normalized spacial score (nSPS) is 16.5. The van der Waals surface area contributed by atoms with Crippen LogP contribution in [0.4, 0.5) is 33.6 Å². The van der Waals surface area contributed by atoms with Gasteiger partial charge in [-0.2, -0.15) is 4.98 Å². The predicted octanol–water partition coefficient (Wildman–Crippen LogP) is 3.76. The number of likely N-dealkylation sites (tertiary alicyclic amines) is 1. The van der Waals surface area contributed by atoms with Crippen molar-refractivity contribution in [2.24, 2.45) is 5.92 Å². The highest BCUT2D eigenvalue weighted by Gasteiger charge is 2.27. The summed E-state index contributed by atoms with van der Waals surface area (Å²) in [5.74, 6) is 1.32. The Morgan fingerprint density at radius 1 is 1.11 bits per heavy atom. The molecule has 4 heterocycles. The molecule has 0 radical (unpaired) electrons. The third-order valence-electron chi connectivity index (χ3n) is 6.61. The van der Waals surface area contributed by atoms with Gasteiger partial charge in [0.2, 0.25) is 11.9 Å². The van der Waals surface area contributed by atoms with Gasteiger partial charge in [-0.05, 0) is 67.5 Å². The molecule has 0 aliphatic carbocycles. The quantitative estimate of drug-likeness (QED) is 0.444. The number of benzene rings is 1. The Kier molecular flexibility index (Phi) is 6.66. The summed E-state index contributed by atoms with van der Waals surface area (Å²) in [6, 6.07) is 7.89. The molecular weight excluding hydrogens is 456 g/mol. The Labute approximate surface area is 209 Å². The number of nitrogens with one attached hydrogen (secondary N) is 4. The first-order valence-corrected chi connectivity index (χ1v) is 12.2. The first-order valence-electron chi connectivity index (χ1n) is 12.2. The van der Waals surface area contributed by atoms with E-state index in [2.05, 4.69) is 42.3 Å². The van der Waals surface area contributed by atoms with Gasteiger partial charge in [-0.15, -0.1) is 0 Å². The molecule has 0 spiro atoms. The third kappa shape index (κ3) is 5.37. The van der Waals surface area contributed by atoms with E-state index in [1.54, 1.807) is 24.3 Å². The lowest BCUT2D eigenvalue weighted by Gasteiger charge is -2.17.